The van der Waals surface area contributed by atoms with Gasteiger partial charge in [0.1, 0.15) is 0 Å². The number of benzene rings is 2. The van der Waals surface area contributed by atoms with E-state index in [0.717, 1.165) is 24.8 Å². The van der Waals surface area contributed by atoms with E-state index >= 15 is 0 Å². The summed E-state index contributed by atoms with van der Waals surface area (Å²) in [5.41, 5.74) is 3.42. The van der Waals surface area contributed by atoms with Gasteiger partial charge in [-0.2, -0.15) is 0 Å². The Labute approximate surface area is 180 Å². The number of rotatable bonds is 9. The van der Waals surface area contributed by atoms with Crippen LogP contribution in [0, 0.1) is 0 Å². The minimum atomic E-state index is -0.949. The Bertz CT molecular complexity index is 888. The molecule has 0 aromatic heterocycles. The minimum absolute atomic E-state index is 0.0339. The number of ketones is 1. The number of amides is 1. The van der Waals surface area contributed by atoms with Gasteiger partial charge >= 0.3 is 0 Å². The van der Waals surface area contributed by atoms with Crippen LogP contribution in [0.1, 0.15) is 54.1 Å². The molecule has 0 saturated carbocycles. The molecule has 5 nitrogen and oxygen atoms in total. The summed E-state index contributed by atoms with van der Waals surface area (Å²) in [5, 5.41) is 3.03. The topological polar surface area (TPSA) is 72.5 Å². The zero-order valence-corrected chi connectivity index (χ0v) is 18.2. The first kappa shape index (κ1) is 22.4. The summed E-state index contributed by atoms with van der Waals surface area (Å²) in [7, 11) is -0.949. The molecular formula is C24H29NO4S. The van der Waals surface area contributed by atoms with Crippen LogP contribution in [0.3, 0.4) is 0 Å². The molecular weight excluding hydrogens is 398 g/mol. The van der Waals surface area contributed by atoms with E-state index in [1.54, 1.807) is 0 Å². The van der Waals surface area contributed by atoms with Crippen LogP contribution in [0.15, 0.2) is 48.5 Å². The molecule has 1 unspecified atom stereocenters. The molecule has 1 fully saturated rings. The first-order valence-corrected chi connectivity index (χ1v) is 11.9. The SMILES string of the molecule is CCc1ccc(C(=O)CCC(=O)Nc2cccc(CS(=O)C3CCOCC3)c2)cc1. The van der Waals surface area contributed by atoms with E-state index < -0.39 is 10.8 Å². The Kier molecular flexibility index (Phi) is 8.34. The van der Waals surface area contributed by atoms with Gasteiger partial charge in [-0.25, -0.2) is 0 Å². The lowest BCUT2D eigenvalue weighted by atomic mass is 10.0. The van der Waals surface area contributed by atoms with Gasteiger partial charge < -0.3 is 10.1 Å². The molecule has 3 rings (SSSR count). The lowest BCUT2D eigenvalue weighted by molar-refractivity contribution is -0.116. The Balaban J connectivity index is 1.49. The second-order valence-electron chi connectivity index (χ2n) is 7.56. The van der Waals surface area contributed by atoms with Crippen molar-refractivity contribution < 1.29 is 18.5 Å². The maximum Gasteiger partial charge on any atom is 0.224 e. The molecule has 0 aliphatic carbocycles. The van der Waals surface area contributed by atoms with Crippen molar-refractivity contribution in [2.24, 2.45) is 0 Å². The Morgan fingerprint density at radius 1 is 1.03 bits per heavy atom. The van der Waals surface area contributed by atoms with Crippen molar-refractivity contribution in [3.63, 3.8) is 0 Å². The van der Waals surface area contributed by atoms with Crippen LogP contribution >= 0.6 is 0 Å². The molecule has 1 aliphatic rings. The quantitative estimate of drug-likeness (QED) is 0.607. The standard InChI is InChI=1S/C24H29NO4S/c1-2-18-6-8-20(9-7-18)23(26)10-11-24(27)25-21-5-3-4-19(16-21)17-30(28)22-12-14-29-15-13-22/h3-9,16,22H,2,10-15,17H2,1H3,(H,25,27). The summed E-state index contributed by atoms with van der Waals surface area (Å²) < 4.78 is 17.9. The van der Waals surface area contributed by atoms with E-state index in [0.29, 0.717) is 30.2 Å². The molecule has 1 aliphatic heterocycles. The normalized spacial score (nSPS) is 15.5. The molecule has 1 amide bonds. The molecule has 1 atom stereocenters. The van der Waals surface area contributed by atoms with Crippen molar-refractivity contribution in [1.82, 2.24) is 0 Å². The van der Waals surface area contributed by atoms with E-state index in [1.165, 1.54) is 5.56 Å². The number of carbonyl (C=O) groups is 2. The number of nitrogens with one attached hydrogen (secondary N) is 1. The van der Waals surface area contributed by atoms with Crippen LogP contribution in [-0.2, 0) is 32.5 Å². The summed E-state index contributed by atoms with van der Waals surface area (Å²) in [4.78, 5) is 24.6. The van der Waals surface area contributed by atoms with Gasteiger partial charge in [0, 0.05) is 59.1 Å². The van der Waals surface area contributed by atoms with Crippen LogP contribution in [0.5, 0.6) is 0 Å². The van der Waals surface area contributed by atoms with Crippen molar-refractivity contribution in [3.8, 4) is 0 Å². The molecule has 0 spiro atoms. The highest BCUT2D eigenvalue weighted by atomic mass is 32.2. The molecule has 1 saturated heterocycles. The van der Waals surface area contributed by atoms with Gasteiger partial charge in [0.15, 0.2) is 5.78 Å². The number of hydrogen-bond donors (Lipinski definition) is 1. The maximum absolute atomic E-state index is 12.6. The molecule has 1 heterocycles. The molecule has 2 aromatic rings. The fourth-order valence-corrected chi connectivity index (χ4v) is 4.94. The van der Waals surface area contributed by atoms with E-state index in [9.17, 15) is 13.8 Å². The largest absolute Gasteiger partial charge is 0.381 e. The number of carbonyl (C=O) groups excluding carboxylic acids is 2. The number of aryl methyl sites for hydroxylation is 1. The van der Waals surface area contributed by atoms with Gasteiger partial charge in [-0.05, 0) is 42.5 Å². The highest BCUT2D eigenvalue weighted by Gasteiger charge is 2.20. The van der Waals surface area contributed by atoms with Crippen LogP contribution in [-0.4, -0.2) is 34.4 Å². The zero-order valence-electron chi connectivity index (χ0n) is 17.4. The summed E-state index contributed by atoms with van der Waals surface area (Å²) in [6.07, 6.45) is 2.90. The van der Waals surface area contributed by atoms with E-state index in [-0.39, 0.29) is 29.8 Å². The number of ether oxygens (including phenoxy) is 1. The van der Waals surface area contributed by atoms with Crippen LogP contribution in [0.25, 0.3) is 0 Å². The van der Waals surface area contributed by atoms with Gasteiger partial charge in [0.25, 0.3) is 0 Å². The maximum atomic E-state index is 12.6. The van der Waals surface area contributed by atoms with Crippen LogP contribution < -0.4 is 5.32 Å². The third-order valence-electron chi connectivity index (χ3n) is 5.32. The lowest BCUT2D eigenvalue weighted by Gasteiger charge is -2.21. The monoisotopic (exact) mass is 427 g/mol. The molecule has 0 bridgehead atoms. The van der Waals surface area contributed by atoms with Crippen molar-refractivity contribution in [2.75, 3.05) is 18.5 Å². The smallest absolute Gasteiger partial charge is 0.224 e. The average molecular weight is 428 g/mol. The summed E-state index contributed by atoms with van der Waals surface area (Å²) in [6.45, 7) is 3.42. The van der Waals surface area contributed by atoms with Crippen molar-refractivity contribution in [3.05, 3.63) is 65.2 Å². The number of hydrogen-bond acceptors (Lipinski definition) is 4. The van der Waals surface area contributed by atoms with Crippen LogP contribution in [0.4, 0.5) is 5.69 Å². The van der Waals surface area contributed by atoms with E-state index in [4.69, 9.17) is 4.74 Å². The molecule has 30 heavy (non-hydrogen) atoms. The fourth-order valence-electron chi connectivity index (χ4n) is 3.48. The molecule has 0 radical (unpaired) electrons. The van der Waals surface area contributed by atoms with Gasteiger partial charge in [0.2, 0.25) is 5.91 Å². The van der Waals surface area contributed by atoms with Crippen molar-refractivity contribution in [2.45, 2.75) is 50.0 Å². The first-order valence-electron chi connectivity index (χ1n) is 10.5. The molecule has 1 N–H and O–H groups in total. The van der Waals surface area contributed by atoms with Gasteiger partial charge in [0.05, 0.1) is 0 Å². The van der Waals surface area contributed by atoms with E-state index in [2.05, 4.69) is 12.2 Å². The number of Topliss-reactive ketones (excluding diaryl/α,β-unsaturated/α-hetero) is 1. The van der Waals surface area contributed by atoms with Crippen molar-refractivity contribution in [1.29, 1.82) is 0 Å². The summed E-state index contributed by atoms with van der Waals surface area (Å²) >= 11 is 0. The highest BCUT2D eigenvalue weighted by molar-refractivity contribution is 7.84. The first-order chi connectivity index (χ1) is 14.5. The molecule has 2 aromatic carbocycles. The minimum Gasteiger partial charge on any atom is -0.381 e. The molecule has 6 heteroatoms. The third-order valence-corrected chi connectivity index (χ3v) is 7.16. The third kappa shape index (κ3) is 6.61. The molecule has 160 valence electrons. The van der Waals surface area contributed by atoms with Gasteiger partial charge in [-0.1, -0.05) is 43.3 Å². The zero-order chi connectivity index (χ0) is 21.3. The fraction of sp³-hybridized carbons (Fsp3) is 0.417. The van der Waals surface area contributed by atoms with Gasteiger partial charge in [-0.3, -0.25) is 13.8 Å². The lowest BCUT2D eigenvalue weighted by Crippen LogP contribution is -2.25. The predicted octanol–water partition coefficient (Wildman–Crippen LogP) is 4.28. The Morgan fingerprint density at radius 3 is 2.47 bits per heavy atom. The predicted molar refractivity (Wildman–Crippen MR) is 120 cm³/mol. The summed E-state index contributed by atoms with van der Waals surface area (Å²) in [6, 6.07) is 15.0. The van der Waals surface area contributed by atoms with Gasteiger partial charge in [-0.15, -0.1) is 0 Å². The van der Waals surface area contributed by atoms with Crippen molar-refractivity contribution >= 4 is 28.2 Å². The Hall–Kier alpha value is -2.31. The highest BCUT2D eigenvalue weighted by Crippen LogP contribution is 2.19. The van der Waals surface area contributed by atoms with Crippen LogP contribution in [0.2, 0.25) is 0 Å². The second kappa shape index (κ2) is 11.2. The second-order valence-corrected chi connectivity index (χ2v) is 9.28. The summed E-state index contributed by atoms with van der Waals surface area (Å²) in [5.74, 6) is 0.241. The van der Waals surface area contributed by atoms with E-state index in [1.807, 2.05) is 48.5 Å². The average Bonchev–Trinajstić information content (AvgIpc) is 2.78. The Morgan fingerprint density at radius 2 is 1.77 bits per heavy atom. The number of anilines is 1.